The van der Waals surface area contributed by atoms with E-state index in [1.54, 1.807) is 11.3 Å². The number of amides is 1. The van der Waals surface area contributed by atoms with E-state index in [0.29, 0.717) is 19.8 Å². The van der Waals surface area contributed by atoms with Gasteiger partial charge in [0.25, 0.3) is 0 Å². The summed E-state index contributed by atoms with van der Waals surface area (Å²) in [4.78, 5) is 16.8. The molecule has 3 rings (SSSR count). The predicted molar refractivity (Wildman–Crippen MR) is 98.2 cm³/mol. The Balaban J connectivity index is 0.00000208. The molecule has 1 unspecified atom stereocenters. The normalized spacial score (nSPS) is 16.2. The Morgan fingerprint density at radius 1 is 1.33 bits per heavy atom. The molecule has 0 aliphatic carbocycles. The van der Waals surface area contributed by atoms with E-state index >= 15 is 0 Å². The van der Waals surface area contributed by atoms with Crippen molar-refractivity contribution in [1.82, 2.24) is 10.3 Å². The molecule has 2 heterocycles. The number of nitrogens with two attached hydrogens (primary N) is 1. The van der Waals surface area contributed by atoms with Gasteiger partial charge in [0.2, 0.25) is 5.91 Å². The van der Waals surface area contributed by atoms with Crippen molar-refractivity contribution in [2.45, 2.75) is 25.4 Å². The number of aromatic nitrogens is 1. The van der Waals surface area contributed by atoms with Crippen LogP contribution in [0.4, 0.5) is 0 Å². The maximum Gasteiger partial charge on any atom is 0.237 e. The number of hydrogen-bond donors (Lipinski definition) is 2. The Morgan fingerprint density at radius 2 is 2.04 bits per heavy atom. The molecule has 3 N–H and O–H groups in total. The molecule has 1 saturated heterocycles. The number of nitrogens with one attached hydrogen (secondary N) is 1. The SMILES string of the molecule is Cl.NC(C(=O)NCc1csc(-c2ccccc2)n1)C1CCOCC1. The third-order valence-corrected chi connectivity index (χ3v) is 5.03. The fourth-order valence-electron chi connectivity index (χ4n) is 2.69. The Kier molecular flexibility index (Phi) is 7.17. The van der Waals surface area contributed by atoms with Crippen LogP contribution >= 0.6 is 23.7 Å². The third kappa shape index (κ3) is 4.77. The summed E-state index contributed by atoms with van der Waals surface area (Å²) in [5, 5.41) is 5.84. The molecule has 1 fully saturated rings. The summed E-state index contributed by atoms with van der Waals surface area (Å²) in [6.45, 7) is 1.80. The molecule has 0 bridgehead atoms. The van der Waals surface area contributed by atoms with Gasteiger partial charge >= 0.3 is 0 Å². The Labute approximate surface area is 152 Å². The quantitative estimate of drug-likeness (QED) is 0.851. The summed E-state index contributed by atoms with van der Waals surface area (Å²) in [7, 11) is 0. The van der Waals surface area contributed by atoms with Crippen LogP contribution in [0.15, 0.2) is 35.7 Å². The van der Waals surface area contributed by atoms with Gasteiger partial charge < -0.3 is 15.8 Å². The zero-order valence-corrected chi connectivity index (χ0v) is 14.9. The number of carbonyl (C=O) groups is 1. The number of carbonyl (C=O) groups excluding carboxylic acids is 1. The molecule has 0 saturated carbocycles. The minimum absolute atomic E-state index is 0. The molecular formula is C17H22ClN3O2S. The lowest BCUT2D eigenvalue weighted by Gasteiger charge is -2.26. The molecule has 5 nitrogen and oxygen atoms in total. The first-order valence-electron chi connectivity index (χ1n) is 7.85. The number of hydrogen-bond acceptors (Lipinski definition) is 5. The van der Waals surface area contributed by atoms with Crippen molar-refractivity contribution >= 4 is 29.7 Å². The van der Waals surface area contributed by atoms with Gasteiger partial charge in [0.1, 0.15) is 5.01 Å². The van der Waals surface area contributed by atoms with Crippen LogP contribution in [0.25, 0.3) is 10.6 Å². The molecule has 0 spiro atoms. The number of nitrogens with zero attached hydrogens (tertiary/aromatic N) is 1. The van der Waals surface area contributed by atoms with Gasteiger partial charge in [-0.3, -0.25) is 4.79 Å². The maximum absolute atomic E-state index is 12.2. The third-order valence-electron chi connectivity index (χ3n) is 4.09. The summed E-state index contributed by atoms with van der Waals surface area (Å²) in [5.41, 5.74) is 8.02. The van der Waals surface area contributed by atoms with E-state index in [2.05, 4.69) is 10.3 Å². The first-order valence-corrected chi connectivity index (χ1v) is 8.73. The average Bonchev–Trinajstić information content (AvgIpc) is 3.09. The molecule has 24 heavy (non-hydrogen) atoms. The molecule has 1 amide bonds. The van der Waals surface area contributed by atoms with E-state index in [1.807, 2.05) is 35.7 Å². The van der Waals surface area contributed by atoms with Crippen LogP contribution in [-0.2, 0) is 16.1 Å². The van der Waals surface area contributed by atoms with Crippen molar-refractivity contribution < 1.29 is 9.53 Å². The second kappa shape index (κ2) is 9.13. The first kappa shape index (κ1) is 18.9. The Bertz CT molecular complexity index is 644. The second-order valence-electron chi connectivity index (χ2n) is 5.70. The summed E-state index contributed by atoms with van der Waals surface area (Å²) in [6, 6.07) is 9.56. The fraction of sp³-hybridized carbons (Fsp3) is 0.412. The van der Waals surface area contributed by atoms with Crippen molar-refractivity contribution in [3.63, 3.8) is 0 Å². The zero-order valence-electron chi connectivity index (χ0n) is 13.3. The van der Waals surface area contributed by atoms with Gasteiger partial charge in [-0.2, -0.15) is 0 Å². The lowest BCUT2D eigenvalue weighted by molar-refractivity contribution is -0.124. The van der Waals surface area contributed by atoms with Gasteiger partial charge in [-0.1, -0.05) is 30.3 Å². The van der Waals surface area contributed by atoms with Crippen molar-refractivity contribution in [3.8, 4) is 10.6 Å². The number of halogens is 1. The highest BCUT2D eigenvalue weighted by atomic mass is 35.5. The molecule has 1 atom stereocenters. The monoisotopic (exact) mass is 367 g/mol. The van der Waals surface area contributed by atoms with Crippen LogP contribution < -0.4 is 11.1 Å². The highest BCUT2D eigenvalue weighted by Crippen LogP contribution is 2.23. The molecular weight excluding hydrogens is 346 g/mol. The lowest BCUT2D eigenvalue weighted by Crippen LogP contribution is -2.46. The van der Waals surface area contributed by atoms with Gasteiger partial charge in [-0.05, 0) is 18.8 Å². The van der Waals surface area contributed by atoms with Crippen LogP contribution in [0.5, 0.6) is 0 Å². The smallest absolute Gasteiger partial charge is 0.237 e. The Hall–Kier alpha value is -1.47. The molecule has 1 aromatic carbocycles. The van der Waals surface area contributed by atoms with E-state index in [-0.39, 0.29) is 24.2 Å². The van der Waals surface area contributed by atoms with Gasteiger partial charge in [0, 0.05) is 24.2 Å². The minimum Gasteiger partial charge on any atom is -0.381 e. The number of ether oxygens (including phenoxy) is 1. The minimum atomic E-state index is -0.467. The van der Waals surface area contributed by atoms with Crippen LogP contribution in [0.1, 0.15) is 18.5 Å². The fourth-order valence-corrected chi connectivity index (χ4v) is 3.51. The highest BCUT2D eigenvalue weighted by Gasteiger charge is 2.26. The molecule has 7 heteroatoms. The van der Waals surface area contributed by atoms with Gasteiger partial charge in [-0.25, -0.2) is 4.98 Å². The number of thiazole rings is 1. The zero-order chi connectivity index (χ0) is 16.1. The molecule has 1 aromatic heterocycles. The summed E-state index contributed by atoms with van der Waals surface area (Å²) < 4.78 is 5.31. The second-order valence-corrected chi connectivity index (χ2v) is 6.56. The number of rotatable bonds is 5. The van der Waals surface area contributed by atoms with Crippen LogP contribution in [0.3, 0.4) is 0 Å². The maximum atomic E-state index is 12.2. The lowest BCUT2D eigenvalue weighted by atomic mass is 9.92. The molecule has 2 aromatic rings. The van der Waals surface area contributed by atoms with E-state index in [1.165, 1.54) is 0 Å². The average molecular weight is 368 g/mol. The molecule has 1 aliphatic rings. The molecule has 0 radical (unpaired) electrons. The van der Waals surface area contributed by atoms with E-state index in [4.69, 9.17) is 10.5 Å². The van der Waals surface area contributed by atoms with Crippen molar-refractivity contribution in [3.05, 3.63) is 41.4 Å². The summed E-state index contributed by atoms with van der Waals surface area (Å²) >= 11 is 1.58. The van der Waals surface area contributed by atoms with Gasteiger partial charge in [-0.15, -0.1) is 23.7 Å². The molecule has 1 aliphatic heterocycles. The van der Waals surface area contributed by atoms with E-state index < -0.39 is 6.04 Å². The summed E-state index contributed by atoms with van der Waals surface area (Å²) in [6.07, 6.45) is 1.70. The van der Waals surface area contributed by atoms with Gasteiger partial charge in [0.05, 0.1) is 18.3 Å². The van der Waals surface area contributed by atoms with Crippen molar-refractivity contribution in [2.24, 2.45) is 11.7 Å². The topological polar surface area (TPSA) is 77.2 Å². The van der Waals surface area contributed by atoms with Crippen LogP contribution in [0, 0.1) is 5.92 Å². The van der Waals surface area contributed by atoms with Gasteiger partial charge in [0.15, 0.2) is 0 Å². The standard InChI is InChI=1S/C17H21N3O2S.ClH/c18-15(12-6-8-22-9-7-12)16(21)19-10-14-11-23-17(20-14)13-4-2-1-3-5-13;/h1-5,11-12,15H,6-10,18H2,(H,19,21);1H. The van der Waals surface area contributed by atoms with E-state index in [9.17, 15) is 4.79 Å². The van der Waals surface area contributed by atoms with E-state index in [0.717, 1.165) is 29.1 Å². The first-order chi connectivity index (χ1) is 11.2. The highest BCUT2D eigenvalue weighted by molar-refractivity contribution is 7.13. The largest absolute Gasteiger partial charge is 0.381 e. The number of benzene rings is 1. The molecule has 130 valence electrons. The van der Waals surface area contributed by atoms with Crippen molar-refractivity contribution in [1.29, 1.82) is 0 Å². The van der Waals surface area contributed by atoms with Crippen LogP contribution in [0.2, 0.25) is 0 Å². The predicted octanol–water partition coefficient (Wildman–Crippen LogP) is 2.60. The Morgan fingerprint density at radius 3 is 2.75 bits per heavy atom. The summed E-state index contributed by atoms with van der Waals surface area (Å²) in [5.74, 6) is 0.102. The van der Waals surface area contributed by atoms with Crippen LogP contribution in [-0.4, -0.2) is 30.1 Å². The van der Waals surface area contributed by atoms with Crippen molar-refractivity contribution in [2.75, 3.05) is 13.2 Å².